The van der Waals surface area contributed by atoms with Gasteiger partial charge in [-0.1, -0.05) is 121 Å². The van der Waals surface area contributed by atoms with Crippen LogP contribution in [0.15, 0.2) is 158 Å². The van der Waals surface area contributed by atoms with Gasteiger partial charge in [-0.15, -0.1) is 0 Å². The molecule has 208 valence electrons. The fraction of sp³-hybridized carbons (Fsp3) is 0.0476. The molecule has 1 aliphatic rings. The third-order valence-corrected chi connectivity index (χ3v) is 9.67. The second-order valence-corrected chi connectivity index (χ2v) is 12.0. The summed E-state index contributed by atoms with van der Waals surface area (Å²) in [4.78, 5) is 0. The summed E-state index contributed by atoms with van der Waals surface area (Å²) >= 11 is 0. The summed E-state index contributed by atoms with van der Waals surface area (Å²) < 4.78 is 0. The number of rotatable bonds is 2. The number of fused-ring (bicyclic) bond motifs is 7. The maximum absolute atomic E-state index is 13.3. The van der Waals surface area contributed by atoms with Crippen molar-refractivity contribution < 1.29 is 10.2 Å². The topological polar surface area (TPSA) is 40.5 Å². The molecule has 0 fully saturated rings. The highest BCUT2D eigenvalue weighted by atomic mass is 16.3. The van der Waals surface area contributed by atoms with Gasteiger partial charge in [-0.05, 0) is 90.6 Å². The minimum absolute atomic E-state index is 0.685. The lowest BCUT2D eigenvalue weighted by Gasteiger charge is -2.45. The van der Waals surface area contributed by atoms with Gasteiger partial charge in [-0.3, -0.25) is 0 Å². The van der Waals surface area contributed by atoms with Crippen LogP contribution in [0.4, 0.5) is 0 Å². The van der Waals surface area contributed by atoms with E-state index in [-0.39, 0.29) is 0 Å². The molecule has 0 aliphatic heterocycles. The predicted molar refractivity (Wildman–Crippen MR) is 180 cm³/mol. The Kier molecular flexibility index (Phi) is 5.23. The van der Waals surface area contributed by atoms with Crippen LogP contribution in [0, 0.1) is 0 Å². The molecule has 0 saturated carbocycles. The SMILES string of the molecule is OC1(c2ccccc2)c2cc3cc4ccccc4cc3cc2C(O)(c2ccccc2)c2cc3c(ccc4ccccc43)cc21. The fourth-order valence-corrected chi connectivity index (χ4v) is 7.52. The summed E-state index contributed by atoms with van der Waals surface area (Å²) in [5.41, 5.74) is 1.24. The molecule has 0 aromatic heterocycles. The molecule has 2 nitrogen and oxygen atoms in total. The summed E-state index contributed by atoms with van der Waals surface area (Å²) in [5, 5.41) is 35.2. The lowest BCUT2D eigenvalue weighted by molar-refractivity contribution is 0.0753. The summed E-state index contributed by atoms with van der Waals surface area (Å²) in [5.74, 6) is 0. The normalized spacial score (nSPS) is 19.3. The van der Waals surface area contributed by atoms with E-state index < -0.39 is 11.2 Å². The van der Waals surface area contributed by atoms with Gasteiger partial charge in [-0.25, -0.2) is 0 Å². The maximum atomic E-state index is 13.3. The third kappa shape index (κ3) is 3.38. The second kappa shape index (κ2) is 9.11. The molecule has 2 heteroatoms. The van der Waals surface area contributed by atoms with Crippen LogP contribution in [0.2, 0.25) is 0 Å². The van der Waals surface area contributed by atoms with Crippen LogP contribution in [0.5, 0.6) is 0 Å². The first-order valence-corrected chi connectivity index (χ1v) is 15.0. The minimum Gasteiger partial charge on any atom is -0.376 e. The first-order valence-electron chi connectivity index (χ1n) is 15.0. The Morgan fingerprint density at radius 3 is 1.25 bits per heavy atom. The Morgan fingerprint density at radius 1 is 0.295 bits per heavy atom. The van der Waals surface area contributed by atoms with E-state index in [1.54, 1.807) is 0 Å². The second-order valence-electron chi connectivity index (χ2n) is 12.0. The van der Waals surface area contributed by atoms with Gasteiger partial charge in [0.2, 0.25) is 0 Å². The van der Waals surface area contributed by atoms with E-state index in [1.165, 1.54) is 0 Å². The highest BCUT2D eigenvalue weighted by molar-refractivity contribution is 6.08. The van der Waals surface area contributed by atoms with Gasteiger partial charge >= 0.3 is 0 Å². The molecule has 2 unspecified atom stereocenters. The van der Waals surface area contributed by atoms with Crippen LogP contribution in [0.3, 0.4) is 0 Å². The van der Waals surface area contributed by atoms with Gasteiger partial charge in [0.25, 0.3) is 0 Å². The van der Waals surface area contributed by atoms with Gasteiger partial charge in [0.15, 0.2) is 0 Å². The number of aliphatic hydroxyl groups is 2. The van der Waals surface area contributed by atoms with Crippen LogP contribution < -0.4 is 0 Å². The molecule has 0 saturated heterocycles. The number of hydrogen-bond donors (Lipinski definition) is 2. The predicted octanol–water partition coefficient (Wildman–Crippen LogP) is 9.18. The van der Waals surface area contributed by atoms with Crippen LogP contribution in [0.1, 0.15) is 33.4 Å². The average Bonchev–Trinajstić information content (AvgIpc) is 3.09. The standard InChI is InChI=1S/C42H28O2/c43-41(33-14-3-1-4-15-33)37-23-30-20-19-27-11-9-10-18-35(27)36(30)26-40(37)42(44,34-16-5-2-6-17-34)39-25-32-22-29-13-8-7-12-28(29)21-31(32)24-38(39)41/h1-26,43-44H. The van der Waals surface area contributed by atoms with Crippen molar-refractivity contribution in [2.45, 2.75) is 11.2 Å². The molecule has 8 aromatic rings. The summed E-state index contributed by atoms with van der Waals surface area (Å²) in [6.07, 6.45) is 0. The first kappa shape index (κ1) is 25.2. The smallest absolute Gasteiger partial charge is 0.141 e. The van der Waals surface area contributed by atoms with Crippen LogP contribution in [-0.2, 0) is 11.2 Å². The van der Waals surface area contributed by atoms with Crippen LogP contribution in [-0.4, -0.2) is 10.2 Å². The molecule has 9 rings (SSSR count). The molecule has 2 N–H and O–H groups in total. The molecule has 2 atom stereocenters. The zero-order valence-corrected chi connectivity index (χ0v) is 23.9. The molecule has 0 bridgehead atoms. The zero-order valence-electron chi connectivity index (χ0n) is 23.9. The maximum Gasteiger partial charge on any atom is 0.141 e. The van der Waals surface area contributed by atoms with Crippen molar-refractivity contribution in [3.8, 4) is 0 Å². The van der Waals surface area contributed by atoms with E-state index >= 15 is 0 Å². The minimum atomic E-state index is -1.52. The Balaban J connectivity index is 1.49. The highest BCUT2D eigenvalue weighted by Crippen LogP contribution is 2.55. The highest BCUT2D eigenvalue weighted by Gasteiger charge is 2.51. The summed E-state index contributed by atoms with van der Waals surface area (Å²) in [7, 11) is 0. The van der Waals surface area contributed by atoms with Crippen molar-refractivity contribution in [2.24, 2.45) is 0 Å². The molecule has 8 aromatic carbocycles. The van der Waals surface area contributed by atoms with Gasteiger partial charge < -0.3 is 10.2 Å². The molecular weight excluding hydrogens is 536 g/mol. The number of benzene rings is 8. The van der Waals surface area contributed by atoms with Crippen molar-refractivity contribution in [1.29, 1.82) is 0 Å². The van der Waals surface area contributed by atoms with Crippen LogP contribution in [0.25, 0.3) is 43.1 Å². The Bertz CT molecular complexity index is 2390. The number of hydrogen-bond acceptors (Lipinski definition) is 2. The van der Waals surface area contributed by atoms with Crippen molar-refractivity contribution >= 4 is 43.1 Å². The molecular formula is C42H28O2. The van der Waals surface area contributed by atoms with Crippen molar-refractivity contribution in [3.63, 3.8) is 0 Å². The zero-order chi connectivity index (χ0) is 29.5. The Hall–Kier alpha value is -5.28. The van der Waals surface area contributed by atoms with E-state index in [1.807, 2.05) is 78.9 Å². The molecule has 0 radical (unpaired) electrons. The largest absolute Gasteiger partial charge is 0.376 e. The molecule has 1 aliphatic carbocycles. The third-order valence-electron chi connectivity index (χ3n) is 9.67. The van der Waals surface area contributed by atoms with Gasteiger partial charge in [0.05, 0.1) is 0 Å². The van der Waals surface area contributed by atoms with Gasteiger partial charge in [0.1, 0.15) is 11.2 Å². The van der Waals surface area contributed by atoms with Crippen molar-refractivity contribution in [3.05, 3.63) is 191 Å². The van der Waals surface area contributed by atoms with Crippen LogP contribution >= 0.6 is 0 Å². The average molecular weight is 565 g/mol. The Labute approximate surface area is 255 Å². The molecule has 0 spiro atoms. The molecule has 44 heavy (non-hydrogen) atoms. The van der Waals surface area contributed by atoms with Gasteiger partial charge in [0, 0.05) is 22.3 Å². The van der Waals surface area contributed by atoms with Gasteiger partial charge in [-0.2, -0.15) is 0 Å². The van der Waals surface area contributed by atoms with E-state index in [0.717, 1.165) is 54.2 Å². The molecule has 0 heterocycles. The lowest BCUT2D eigenvalue weighted by atomic mass is 9.62. The summed E-state index contributed by atoms with van der Waals surface area (Å²) in [6, 6.07) is 53.4. The van der Waals surface area contributed by atoms with E-state index in [0.29, 0.717) is 22.3 Å². The van der Waals surface area contributed by atoms with E-state index in [4.69, 9.17) is 0 Å². The van der Waals surface area contributed by atoms with Crippen molar-refractivity contribution in [2.75, 3.05) is 0 Å². The molecule has 0 amide bonds. The monoisotopic (exact) mass is 564 g/mol. The van der Waals surface area contributed by atoms with E-state index in [9.17, 15) is 10.2 Å². The summed E-state index contributed by atoms with van der Waals surface area (Å²) in [6.45, 7) is 0. The lowest BCUT2D eigenvalue weighted by Crippen LogP contribution is -2.44. The fourth-order valence-electron chi connectivity index (χ4n) is 7.52. The first-order chi connectivity index (χ1) is 21.5. The Morgan fingerprint density at radius 2 is 0.705 bits per heavy atom. The van der Waals surface area contributed by atoms with E-state index in [2.05, 4.69) is 78.9 Å². The quantitative estimate of drug-likeness (QED) is 0.162. The van der Waals surface area contributed by atoms with Crippen molar-refractivity contribution in [1.82, 2.24) is 0 Å².